The summed E-state index contributed by atoms with van der Waals surface area (Å²) in [5, 5.41) is 7.89. The third-order valence-corrected chi connectivity index (χ3v) is 3.51. The van der Waals surface area contributed by atoms with Gasteiger partial charge in [0.1, 0.15) is 5.82 Å². The second-order valence-corrected chi connectivity index (χ2v) is 5.64. The van der Waals surface area contributed by atoms with E-state index in [4.69, 9.17) is 5.73 Å². The van der Waals surface area contributed by atoms with Crippen LogP contribution in [0, 0.1) is 5.92 Å². The molecule has 1 aliphatic carbocycles. The van der Waals surface area contributed by atoms with Gasteiger partial charge in [0, 0.05) is 12.6 Å². The largest absolute Gasteiger partial charge is 0.368 e. The molecule has 0 atom stereocenters. The standard InChI is InChI=1S/C13H20N6/c1-8(2)5-6-19(9-3-4-9)12-10-7-15-18-11(10)16-13(14)17-12/h7-9H,3-6H2,1-2H3,(H3,14,15,16,17,18). The molecule has 0 radical (unpaired) electrons. The van der Waals surface area contributed by atoms with Crippen LogP contribution in [0.4, 0.5) is 11.8 Å². The highest BCUT2D eigenvalue weighted by atomic mass is 15.3. The monoisotopic (exact) mass is 260 g/mol. The molecular weight excluding hydrogens is 240 g/mol. The van der Waals surface area contributed by atoms with Gasteiger partial charge in [0.2, 0.25) is 5.95 Å². The van der Waals surface area contributed by atoms with Crippen molar-refractivity contribution in [3.05, 3.63) is 6.20 Å². The summed E-state index contributed by atoms with van der Waals surface area (Å²) < 4.78 is 0. The number of aromatic nitrogens is 4. The van der Waals surface area contributed by atoms with E-state index in [0.29, 0.717) is 17.9 Å². The smallest absolute Gasteiger partial charge is 0.224 e. The molecule has 6 heteroatoms. The maximum absolute atomic E-state index is 5.80. The summed E-state index contributed by atoms with van der Waals surface area (Å²) in [5.74, 6) is 1.92. The summed E-state index contributed by atoms with van der Waals surface area (Å²) in [4.78, 5) is 11.0. The molecule has 0 aromatic carbocycles. The number of nitrogens with one attached hydrogen (secondary N) is 1. The van der Waals surface area contributed by atoms with Crippen LogP contribution in [-0.2, 0) is 0 Å². The summed E-state index contributed by atoms with van der Waals surface area (Å²) in [6.07, 6.45) is 5.41. The van der Waals surface area contributed by atoms with E-state index < -0.39 is 0 Å². The van der Waals surface area contributed by atoms with E-state index in [0.717, 1.165) is 29.8 Å². The predicted octanol–water partition coefficient (Wildman–Crippen LogP) is 1.95. The molecule has 102 valence electrons. The average Bonchev–Trinajstić information content (AvgIpc) is 3.07. The number of H-pyrrole nitrogens is 1. The Kier molecular flexibility index (Phi) is 3.00. The van der Waals surface area contributed by atoms with Gasteiger partial charge in [0.15, 0.2) is 5.65 Å². The van der Waals surface area contributed by atoms with Gasteiger partial charge in [-0.05, 0) is 25.2 Å². The van der Waals surface area contributed by atoms with Gasteiger partial charge in [0.05, 0.1) is 11.6 Å². The van der Waals surface area contributed by atoms with Gasteiger partial charge in [-0.2, -0.15) is 15.1 Å². The Hall–Kier alpha value is -1.85. The van der Waals surface area contributed by atoms with E-state index in [1.54, 1.807) is 6.20 Å². The lowest BCUT2D eigenvalue weighted by molar-refractivity contribution is 0.569. The first-order valence-electron chi connectivity index (χ1n) is 6.88. The Balaban J connectivity index is 1.96. The van der Waals surface area contributed by atoms with Gasteiger partial charge in [-0.1, -0.05) is 13.8 Å². The van der Waals surface area contributed by atoms with E-state index in [1.165, 1.54) is 12.8 Å². The number of fused-ring (bicyclic) bond motifs is 1. The van der Waals surface area contributed by atoms with Crippen molar-refractivity contribution in [1.82, 2.24) is 20.2 Å². The second-order valence-electron chi connectivity index (χ2n) is 5.64. The van der Waals surface area contributed by atoms with Crippen molar-refractivity contribution in [2.75, 3.05) is 17.2 Å². The fraction of sp³-hybridized carbons (Fsp3) is 0.615. The van der Waals surface area contributed by atoms with Gasteiger partial charge < -0.3 is 10.6 Å². The van der Waals surface area contributed by atoms with E-state index in [2.05, 4.69) is 38.9 Å². The number of hydrogen-bond donors (Lipinski definition) is 2. The number of nitrogens with zero attached hydrogens (tertiary/aromatic N) is 4. The van der Waals surface area contributed by atoms with Crippen LogP contribution in [-0.4, -0.2) is 32.8 Å². The highest BCUT2D eigenvalue weighted by Crippen LogP contribution is 2.34. The van der Waals surface area contributed by atoms with Crippen molar-refractivity contribution >= 4 is 22.8 Å². The number of anilines is 2. The number of aromatic amines is 1. The minimum atomic E-state index is 0.307. The van der Waals surface area contributed by atoms with Crippen LogP contribution < -0.4 is 10.6 Å². The fourth-order valence-corrected chi connectivity index (χ4v) is 2.30. The lowest BCUT2D eigenvalue weighted by atomic mass is 10.1. The van der Waals surface area contributed by atoms with E-state index in [-0.39, 0.29) is 0 Å². The maximum Gasteiger partial charge on any atom is 0.224 e. The van der Waals surface area contributed by atoms with Crippen molar-refractivity contribution < 1.29 is 0 Å². The zero-order chi connectivity index (χ0) is 13.4. The van der Waals surface area contributed by atoms with E-state index in [1.807, 2.05) is 0 Å². The molecular formula is C13H20N6. The van der Waals surface area contributed by atoms with Crippen molar-refractivity contribution in [2.45, 2.75) is 39.2 Å². The molecule has 19 heavy (non-hydrogen) atoms. The third kappa shape index (κ3) is 2.47. The number of nitrogens with two attached hydrogens (primary N) is 1. The van der Waals surface area contributed by atoms with Crippen molar-refractivity contribution in [2.24, 2.45) is 5.92 Å². The summed E-state index contributed by atoms with van der Waals surface area (Å²) in [6, 6.07) is 0.603. The highest BCUT2D eigenvalue weighted by molar-refractivity contribution is 5.87. The van der Waals surface area contributed by atoms with Crippen LogP contribution in [0.1, 0.15) is 33.1 Å². The zero-order valence-electron chi connectivity index (χ0n) is 11.4. The fourth-order valence-electron chi connectivity index (χ4n) is 2.30. The molecule has 3 rings (SSSR count). The first kappa shape index (κ1) is 12.2. The molecule has 0 bridgehead atoms. The molecule has 6 nitrogen and oxygen atoms in total. The molecule has 1 aliphatic rings. The Morgan fingerprint density at radius 3 is 2.89 bits per heavy atom. The number of nitrogen functional groups attached to an aromatic ring is 1. The SMILES string of the molecule is CC(C)CCN(c1nc(N)nc2[nH]ncc12)C1CC1. The average molecular weight is 260 g/mol. The molecule has 0 aliphatic heterocycles. The topological polar surface area (TPSA) is 83.7 Å². The van der Waals surface area contributed by atoms with Crippen molar-refractivity contribution in [1.29, 1.82) is 0 Å². The van der Waals surface area contributed by atoms with Gasteiger partial charge in [-0.3, -0.25) is 5.10 Å². The first-order valence-corrected chi connectivity index (χ1v) is 6.88. The molecule has 1 saturated carbocycles. The lowest BCUT2D eigenvalue weighted by Gasteiger charge is -2.25. The van der Waals surface area contributed by atoms with Crippen molar-refractivity contribution in [3.8, 4) is 0 Å². The van der Waals surface area contributed by atoms with Crippen LogP contribution in [0.3, 0.4) is 0 Å². The molecule has 0 spiro atoms. The quantitative estimate of drug-likeness (QED) is 0.858. The third-order valence-electron chi connectivity index (χ3n) is 3.51. The zero-order valence-corrected chi connectivity index (χ0v) is 11.4. The first-order chi connectivity index (χ1) is 9.15. The Labute approximate surface area is 112 Å². The van der Waals surface area contributed by atoms with Gasteiger partial charge in [-0.25, -0.2) is 0 Å². The molecule has 2 aromatic rings. The van der Waals surface area contributed by atoms with Gasteiger partial charge in [0.25, 0.3) is 0 Å². The Bertz CT molecular complexity index is 572. The molecule has 0 saturated heterocycles. The summed E-state index contributed by atoms with van der Waals surface area (Å²) in [5.41, 5.74) is 6.52. The summed E-state index contributed by atoms with van der Waals surface area (Å²) >= 11 is 0. The van der Waals surface area contributed by atoms with Gasteiger partial charge in [-0.15, -0.1) is 0 Å². The summed E-state index contributed by atoms with van der Waals surface area (Å²) in [7, 11) is 0. The molecule has 1 fully saturated rings. The molecule has 3 N–H and O–H groups in total. The number of hydrogen-bond acceptors (Lipinski definition) is 5. The van der Waals surface area contributed by atoms with Crippen LogP contribution in [0.5, 0.6) is 0 Å². The molecule has 0 amide bonds. The second kappa shape index (κ2) is 4.68. The summed E-state index contributed by atoms with van der Waals surface area (Å²) in [6.45, 7) is 5.50. The maximum atomic E-state index is 5.80. The Morgan fingerprint density at radius 1 is 1.42 bits per heavy atom. The highest BCUT2D eigenvalue weighted by Gasteiger charge is 2.31. The normalized spacial score (nSPS) is 15.3. The van der Waals surface area contributed by atoms with E-state index in [9.17, 15) is 0 Å². The predicted molar refractivity (Wildman–Crippen MR) is 75.9 cm³/mol. The van der Waals surface area contributed by atoms with Crippen LogP contribution in [0.2, 0.25) is 0 Å². The minimum absolute atomic E-state index is 0.307. The van der Waals surface area contributed by atoms with E-state index >= 15 is 0 Å². The molecule has 2 heterocycles. The van der Waals surface area contributed by atoms with Crippen LogP contribution >= 0.6 is 0 Å². The van der Waals surface area contributed by atoms with Crippen LogP contribution in [0.25, 0.3) is 11.0 Å². The van der Waals surface area contributed by atoms with Gasteiger partial charge >= 0.3 is 0 Å². The molecule has 0 unspecified atom stereocenters. The van der Waals surface area contributed by atoms with Crippen LogP contribution in [0.15, 0.2) is 6.20 Å². The number of rotatable bonds is 5. The minimum Gasteiger partial charge on any atom is -0.368 e. The van der Waals surface area contributed by atoms with Crippen molar-refractivity contribution in [3.63, 3.8) is 0 Å². The Morgan fingerprint density at radius 2 is 2.21 bits per heavy atom. The molecule has 2 aromatic heterocycles. The lowest BCUT2D eigenvalue weighted by Crippen LogP contribution is -2.29.